The van der Waals surface area contributed by atoms with Crippen LogP contribution in [0.25, 0.3) is 0 Å². The molecule has 1 heterocycles. The molecule has 106 valence electrons. The second-order valence-electron chi connectivity index (χ2n) is 5.42. The zero-order chi connectivity index (χ0) is 13.7. The van der Waals surface area contributed by atoms with Gasteiger partial charge in [-0.25, -0.2) is 0 Å². The van der Waals surface area contributed by atoms with E-state index in [2.05, 4.69) is 53.5 Å². The van der Waals surface area contributed by atoms with Crippen LogP contribution >= 0.6 is 0 Å². The number of nitrogens with zero attached hydrogens (tertiary/aromatic N) is 2. The summed E-state index contributed by atoms with van der Waals surface area (Å²) in [5, 5.41) is 3.50. The van der Waals surface area contributed by atoms with E-state index >= 15 is 0 Å². The Kier molecular flexibility index (Phi) is 5.19. The van der Waals surface area contributed by atoms with Crippen molar-refractivity contribution in [3.63, 3.8) is 0 Å². The van der Waals surface area contributed by atoms with Crippen LogP contribution in [-0.2, 0) is 11.3 Å². The largest absolute Gasteiger partial charge is 0.383 e. The van der Waals surface area contributed by atoms with Gasteiger partial charge in [0.25, 0.3) is 0 Å². The van der Waals surface area contributed by atoms with Crippen molar-refractivity contribution in [1.29, 1.82) is 0 Å². The van der Waals surface area contributed by atoms with Gasteiger partial charge in [-0.2, -0.15) is 0 Å². The fraction of sp³-hybridized carbons (Fsp3) is 0.600. The zero-order valence-corrected chi connectivity index (χ0v) is 12.2. The van der Waals surface area contributed by atoms with Gasteiger partial charge in [0.1, 0.15) is 0 Å². The minimum Gasteiger partial charge on any atom is -0.383 e. The van der Waals surface area contributed by atoms with Gasteiger partial charge >= 0.3 is 0 Å². The number of piperazine rings is 1. The molecule has 1 unspecified atom stereocenters. The van der Waals surface area contributed by atoms with Crippen LogP contribution in [-0.4, -0.2) is 58.4 Å². The van der Waals surface area contributed by atoms with Crippen LogP contribution < -0.4 is 10.2 Å². The van der Waals surface area contributed by atoms with Crippen molar-refractivity contribution in [2.45, 2.75) is 12.6 Å². The lowest BCUT2D eigenvalue weighted by Crippen LogP contribution is -2.52. The fourth-order valence-electron chi connectivity index (χ4n) is 2.65. The molecular weight excluding hydrogens is 238 g/mol. The SMILES string of the molecule is COCC1CN(c2ccccc2CN(C)C)CCN1. The Morgan fingerprint density at radius 2 is 2.16 bits per heavy atom. The molecule has 1 saturated heterocycles. The smallest absolute Gasteiger partial charge is 0.0633 e. The normalized spacial score (nSPS) is 20.0. The highest BCUT2D eigenvalue weighted by molar-refractivity contribution is 5.54. The Hall–Kier alpha value is -1.10. The highest BCUT2D eigenvalue weighted by atomic mass is 16.5. The van der Waals surface area contributed by atoms with E-state index in [1.165, 1.54) is 11.3 Å². The summed E-state index contributed by atoms with van der Waals surface area (Å²) in [4.78, 5) is 4.69. The number of para-hydroxylation sites is 1. The van der Waals surface area contributed by atoms with Crippen molar-refractivity contribution in [3.05, 3.63) is 29.8 Å². The van der Waals surface area contributed by atoms with Crippen LogP contribution in [0.2, 0.25) is 0 Å². The molecule has 0 bridgehead atoms. The highest BCUT2D eigenvalue weighted by Crippen LogP contribution is 2.22. The van der Waals surface area contributed by atoms with Crippen LogP contribution in [0, 0.1) is 0 Å². The van der Waals surface area contributed by atoms with E-state index in [4.69, 9.17) is 4.74 Å². The Bertz CT molecular complexity index is 393. The summed E-state index contributed by atoms with van der Waals surface area (Å²) in [5.74, 6) is 0. The number of benzene rings is 1. The van der Waals surface area contributed by atoms with Crippen molar-refractivity contribution in [2.24, 2.45) is 0 Å². The fourth-order valence-corrected chi connectivity index (χ4v) is 2.65. The van der Waals surface area contributed by atoms with Gasteiger partial charge in [0.2, 0.25) is 0 Å². The molecule has 2 rings (SSSR count). The minimum atomic E-state index is 0.422. The van der Waals surface area contributed by atoms with Gasteiger partial charge in [-0.3, -0.25) is 0 Å². The van der Waals surface area contributed by atoms with E-state index < -0.39 is 0 Å². The van der Waals surface area contributed by atoms with E-state index in [0.717, 1.165) is 32.8 Å². The second kappa shape index (κ2) is 6.89. The molecule has 1 atom stereocenters. The summed E-state index contributed by atoms with van der Waals surface area (Å²) in [6.45, 7) is 4.84. The van der Waals surface area contributed by atoms with Crippen LogP contribution in [0.15, 0.2) is 24.3 Å². The monoisotopic (exact) mass is 263 g/mol. The van der Waals surface area contributed by atoms with Crippen molar-refractivity contribution in [2.75, 3.05) is 52.3 Å². The summed E-state index contributed by atoms with van der Waals surface area (Å²) >= 11 is 0. The zero-order valence-electron chi connectivity index (χ0n) is 12.2. The molecule has 0 spiro atoms. The molecule has 1 aromatic rings. The van der Waals surface area contributed by atoms with Crippen molar-refractivity contribution >= 4 is 5.69 Å². The first kappa shape index (κ1) is 14.3. The Morgan fingerprint density at radius 3 is 2.89 bits per heavy atom. The number of ether oxygens (including phenoxy) is 1. The molecule has 0 aliphatic carbocycles. The summed E-state index contributed by atoms with van der Waals surface area (Å²) < 4.78 is 5.26. The molecule has 4 nitrogen and oxygen atoms in total. The number of hydrogen-bond acceptors (Lipinski definition) is 4. The van der Waals surface area contributed by atoms with Gasteiger partial charge in [-0.15, -0.1) is 0 Å². The third kappa shape index (κ3) is 3.93. The van der Waals surface area contributed by atoms with Crippen molar-refractivity contribution in [3.8, 4) is 0 Å². The number of methoxy groups -OCH3 is 1. The molecule has 0 saturated carbocycles. The molecule has 1 aliphatic rings. The Labute approximate surface area is 116 Å². The first-order valence-corrected chi connectivity index (χ1v) is 6.90. The van der Waals surface area contributed by atoms with Gasteiger partial charge in [0.15, 0.2) is 0 Å². The number of anilines is 1. The first-order chi connectivity index (χ1) is 9.20. The molecule has 1 aromatic carbocycles. The quantitative estimate of drug-likeness (QED) is 0.863. The standard InChI is InChI=1S/C15H25N3O/c1-17(2)10-13-6-4-5-7-15(13)18-9-8-16-14(11-18)12-19-3/h4-7,14,16H,8-12H2,1-3H3. The topological polar surface area (TPSA) is 27.7 Å². The second-order valence-corrected chi connectivity index (χ2v) is 5.42. The highest BCUT2D eigenvalue weighted by Gasteiger charge is 2.20. The summed E-state index contributed by atoms with van der Waals surface area (Å²) in [5.41, 5.74) is 2.75. The molecule has 0 amide bonds. The van der Waals surface area contributed by atoms with Gasteiger partial charge in [0.05, 0.1) is 6.61 Å². The first-order valence-electron chi connectivity index (χ1n) is 6.90. The average Bonchev–Trinajstić information content (AvgIpc) is 2.39. The summed E-state index contributed by atoms with van der Waals surface area (Å²) in [7, 11) is 5.99. The molecule has 4 heteroatoms. The van der Waals surface area contributed by atoms with Gasteiger partial charge in [-0.1, -0.05) is 18.2 Å². The number of nitrogens with one attached hydrogen (secondary N) is 1. The molecule has 0 radical (unpaired) electrons. The van der Waals surface area contributed by atoms with E-state index in [9.17, 15) is 0 Å². The molecule has 1 fully saturated rings. The predicted molar refractivity (Wildman–Crippen MR) is 79.7 cm³/mol. The van der Waals surface area contributed by atoms with E-state index in [0.29, 0.717) is 6.04 Å². The average molecular weight is 263 g/mol. The van der Waals surface area contributed by atoms with Crippen LogP contribution in [0.5, 0.6) is 0 Å². The van der Waals surface area contributed by atoms with Gasteiger partial charge in [-0.05, 0) is 25.7 Å². The van der Waals surface area contributed by atoms with E-state index in [-0.39, 0.29) is 0 Å². The maximum atomic E-state index is 5.26. The lowest BCUT2D eigenvalue weighted by Gasteiger charge is -2.36. The van der Waals surface area contributed by atoms with Crippen molar-refractivity contribution < 1.29 is 4.74 Å². The molecular formula is C15H25N3O. The predicted octanol–water partition coefficient (Wildman–Crippen LogP) is 1.17. The number of hydrogen-bond donors (Lipinski definition) is 1. The lowest BCUT2D eigenvalue weighted by molar-refractivity contribution is 0.163. The van der Waals surface area contributed by atoms with Crippen molar-refractivity contribution in [1.82, 2.24) is 10.2 Å². The molecule has 1 N–H and O–H groups in total. The van der Waals surface area contributed by atoms with Crippen LogP contribution in [0.3, 0.4) is 0 Å². The Morgan fingerprint density at radius 1 is 1.37 bits per heavy atom. The Balaban J connectivity index is 2.11. The van der Waals surface area contributed by atoms with Crippen LogP contribution in [0.4, 0.5) is 5.69 Å². The molecule has 1 aliphatic heterocycles. The minimum absolute atomic E-state index is 0.422. The third-order valence-electron chi connectivity index (χ3n) is 3.44. The molecule has 0 aromatic heterocycles. The van der Waals surface area contributed by atoms with Gasteiger partial charge in [0, 0.05) is 45.0 Å². The molecule has 19 heavy (non-hydrogen) atoms. The third-order valence-corrected chi connectivity index (χ3v) is 3.44. The van der Waals surface area contributed by atoms with Gasteiger partial charge < -0.3 is 19.9 Å². The summed E-state index contributed by atoms with van der Waals surface area (Å²) in [6, 6.07) is 9.13. The number of rotatable bonds is 5. The maximum absolute atomic E-state index is 5.26. The van der Waals surface area contributed by atoms with E-state index in [1.54, 1.807) is 7.11 Å². The van der Waals surface area contributed by atoms with E-state index in [1.807, 2.05) is 0 Å². The van der Waals surface area contributed by atoms with Crippen LogP contribution in [0.1, 0.15) is 5.56 Å². The maximum Gasteiger partial charge on any atom is 0.0633 e. The lowest BCUT2D eigenvalue weighted by atomic mass is 10.1. The summed E-state index contributed by atoms with van der Waals surface area (Å²) in [6.07, 6.45) is 0.